The molecular formula is C22H26N2O2S. The quantitative estimate of drug-likeness (QED) is 0.405. The van der Waals surface area contributed by atoms with Crippen LogP contribution in [0, 0.1) is 0 Å². The lowest BCUT2D eigenvalue weighted by molar-refractivity contribution is -0.116. The van der Waals surface area contributed by atoms with Crippen molar-refractivity contribution in [3.8, 4) is 11.3 Å². The Hall–Kier alpha value is -2.14. The average molecular weight is 383 g/mol. The third-order valence-corrected chi connectivity index (χ3v) is 5.95. The second kappa shape index (κ2) is 7.85. The molecule has 3 rings (SSSR count). The molecule has 1 aromatic heterocycles. The molecule has 0 unspecified atom stereocenters. The largest absolute Gasteiger partial charge is 0.299 e. The topological polar surface area (TPSA) is 52.0 Å². The molecular weight excluding hydrogens is 356 g/mol. The molecule has 0 N–H and O–H groups in total. The molecule has 0 saturated carbocycles. The Morgan fingerprint density at radius 2 is 2.11 bits per heavy atom. The maximum absolute atomic E-state index is 13.4. The third kappa shape index (κ3) is 3.79. The molecule has 0 spiro atoms. The first-order valence-electron chi connectivity index (χ1n) is 9.38. The standard InChI is InChI=1S/C22H26N2O2S/c1-5-9-16(25)14-27-21-23-19-17-11-8-7-10-15(17)13-22(3,4)18(19)20(26)24(21)12-6-2/h6-8,10-11H,2,5,9,12-14H2,1,3-4H3. The van der Waals surface area contributed by atoms with E-state index in [0.717, 1.165) is 29.7 Å². The van der Waals surface area contributed by atoms with Crippen LogP contribution in [0.2, 0.25) is 0 Å². The monoisotopic (exact) mass is 382 g/mol. The van der Waals surface area contributed by atoms with Gasteiger partial charge in [0.25, 0.3) is 5.56 Å². The molecule has 0 radical (unpaired) electrons. The molecule has 0 atom stereocenters. The van der Waals surface area contributed by atoms with Crippen molar-refractivity contribution in [2.75, 3.05) is 5.75 Å². The summed E-state index contributed by atoms with van der Waals surface area (Å²) in [6.45, 7) is 10.4. The van der Waals surface area contributed by atoms with Gasteiger partial charge in [-0.05, 0) is 18.4 Å². The van der Waals surface area contributed by atoms with Crippen molar-refractivity contribution in [3.63, 3.8) is 0 Å². The van der Waals surface area contributed by atoms with Gasteiger partial charge in [-0.2, -0.15) is 0 Å². The van der Waals surface area contributed by atoms with E-state index in [9.17, 15) is 9.59 Å². The van der Waals surface area contributed by atoms with Crippen LogP contribution in [0.5, 0.6) is 0 Å². The zero-order chi connectivity index (χ0) is 19.6. The highest BCUT2D eigenvalue weighted by Gasteiger charge is 2.36. The number of hydrogen-bond acceptors (Lipinski definition) is 4. The fraction of sp³-hybridized carbons (Fsp3) is 0.409. The van der Waals surface area contributed by atoms with Crippen LogP contribution in [0.25, 0.3) is 11.3 Å². The number of carbonyl (C=O) groups excluding carboxylic acids is 1. The predicted molar refractivity (Wildman–Crippen MR) is 111 cm³/mol. The van der Waals surface area contributed by atoms with Crippen molar-refractivity contribution in [2.45, 2.75) is 57.1 Å². The number of carbonyl (C=O) groups is 1. The van der Waals surface area contributed by atoms with E-state index in [1.165, 1.54) is 17.3 Å². The highest BCUT2D eigenvalue weighted by atomic mass is 32.2. The number of hydrogen-bond donors (Lipinski definition) is 0. The number of fused-ring (bicyclic) bond motifs is 3. The van der Waals surface area contributed by atoms with Crippen molar-refractivity contribution in [1.29, 1.82) is 0 Å². The zero-order valence-corrected chi connectivity index (χ0v) is 17.1. The maximum Gasteiger partial charge on any atom is 0.258 e. The van der Waals surface area contributed by atoms with Crippen LogP contribution in [0.4, 0.5) is 0 Å². The summed E-state index contributed by atoms with van der Waals surface area (Å²) in [6.07, 6.45) is 3.90. The molecule has 27 heavy (non-hydrogen) atoms. The zero-order valence-electron chi connectivity index (χ0n) is 16.2. The lowest BCUT2D eigenvalue weighted by Crippen LogP contribution is -2.38. The Bertz CT molecular complexity index is 944. The fourth-order valence-corrected chi connectivity index (χ4v) is 4.61. The molecule has 2 aromatic rings. The normalized spacial score (nSPS) is 14.3. The van der Waals surface area contributed by atoms with E-state index in [2.05, 4.69) is 26.5 Å². The summed E-state index contributed by atoms with van der Waals surface area (Å²) < 4.78 is 1.66. The fourth-order valence-electron chi connectivity index (χ4n) is 3.71. The van der Waals surface area contributed by atoms with Gasteiger partial charge in [-0.3, -0.25) is 14.2 Å². The van der Waals surface area contributed by atoms with Gasteiger partial charge in [-0.25, -0.2) is 4.98 Å². The van der Waals surface area contributed by atoms with Crippen LogP contribution in [-0.4, -0.2) is 21.1 Å². The Kier molecular flexibility index (Phi) is 5.70. The second-order valence-electron chi connectivity index (χ2n) is 7.62. The van der Waals surface area contributed by atoms with Gasteiger partial charge in [0, 0.05) is 29.5 Å². The Morgan fingerprint density at radius 3 is 2.81 bits per heavy atom. The number of Topliss-reactive ketones (excluding diaryl/α,β-unsaturated/α-hetero) is 1. The summed E-state index contributed by atoms with van der Waals surface area (Å²) >= 11 is 1.35. The first-order chi connectivity index (χ1) is 12.9. The van der Waals surface area contributed by atoms with Gasteiger partial charge in [0.15, 0.2) is 5.16 Å². The SMILES string of the molecule is C=CCn1c(SCC(=O)CCC)nc2c(c1=O)C(C)(C)Cc1ccccc1-2. The number of aromatic nitrogens is 2. The summed E-state index contributed by atoms with van der Waals surface area (Å²) in [4.78, 5) is 30.3. The van der Waals surface area contributed by atoms with Crippen LogP contribution in [-0.2, 0) is 23.2 Å². The molecule has 5 heteroatoms. The maximum atomic E-state index is 13.4. The summed E-state index contributed by atoms with van der Waals surface area (Å²) in [6, 6.07) is 8.15. The van der Waals surface area contributed by atoms with Gasteiger partial charge in [-0.1, -0.05) is 62.9 Å². The molecule has 1 aromatic carbocycles. The minimum Gasteiger partial charge on any atom is -0.299 e. The molecule has 0 saturated heterocycles. The van der Waals surface area contributed by atoms with Gasteiger partial charge in [0.2, 0.25) is 0 Å². The van der Waals surface area contributed by atoms with E-state index in [1.807, 2.05) is 25.1 Å². The molecule has 142 valence electrons. The Morgan fingerprint density at radius 1 is 1.37 bits per heavy atom. The van der Waals surface area contributed by atoms with Gasteiger partial charge < -0.3 is 0 Å². The molecule has 1 aliphatic rings. The number of allylic oxidation sites excluding steroid dienone is 1. The third-order valence-electron chi connectivity index (χ3n) is 4.92. The summed E-state index contributed by atoms with van der Waals surface area (Å²) in [5.74, 6) is 0.515. The van der Waals surface area contributed by atoms with E-state index in [4.69, 9.17) is 4.98 Å². The van der Waals surface area contributed by atoms with Crippen LogP contribution in [0.3, 0.4) is 0 Å². The lowest BCUT2D eigenvalue weighted by atomic mass is 9.72. The summed E-state index contributed by atoms with van der Waals surface area (Å²) in [7, 11) is 0. The van der Waals surface area contributed by atoms with Crippen LogP contribution < -0.4 is 5.56 Å². The van der Waals surface area contributed by atoms with Gasteiger partial charge in [-0.15, -0.1) is 6.58 Å². The van der Waals surface area contributed by atoms with Crippen molar-refractivity contribution in [2.24, 2.45) is 0 Å². The lowest BCUT2D eigenvalue weighted by Gasteiger charge is -2.33. The van der Waals surface area contributed by atoms with Crippen LogP contribution in [0.1, 0.15) is 44.7 Å². The van der Waals surface area contributed by atoms with Crippen molar-refractivity contribution in [3.05, 3.63) is 58.4 Å². The van der Waals surface area contributed by atoms with E-state index < -0.39 is 0 Å². The van der Waals surface area contributed by atoms with E-state index in [1.54, 1.807) is 10.6 Å². The molecule has 0 fully saturated rings. The minimum atomic E-state index is -0.294. The van der Waals surface area contributed by atoms with Crippen molar-refractivity contribution in [1.82, 2.24) is 9.55 Å². The number of benzene rings is 1. The van der Waals surface area contributed by atoms with E-state index in [-0.39, 0.29) is 16.8 Å². The molecule has 1 heterocycles. The predicted octanol–water partition coefficient (Wildman–Crippen LogP) is 4.39. The Balaban J connectivity index is 2.17. The molecule has 0 bridgehead atoms. The smallest absolute Gasteiger partial charge is 0.258 e. The number of thioether (sulfide) groups is 1. The Labute approximate surface area is 164 Å². The second-order valence-corrected chi connectivity index (χ2v) is 8.56. The number of rotatable bonds is 7. The van der Waals surface area contributed by atoms with Crippen molar-refractivity contribution < 1.29 is 4.79 Å². The number of nitrogens with zero attached hydrogens (tertiary/aromatic N) is 2. The molecule has 1 aliphatic carbocycles. The summed E-state index contributed by atoms with van der Waals surface area (Å²) in [5.41, 5.74) is 3.44. The summed E-state index contributed by atoms with van der Waals surface area (Å²) in [5, 5.41) is 0.593. The van der Waals surface area contributed by atoms with Crippen LogP contribution >= 0.6 is 11.8 Å². The first kappa shape index (κ1) is 19.6. The highest BCUT2D eigenvalue weighted by molar-refractivity contribution is 7.99. The molecule has 4 nitrogen and oxygen atoms in total. The van der Waals surface area contributed by atoms with Gasteiger partial charge >= 0.3 is 0 Å². The highest BCUT2D eigenvalue weighted by Crippen LogP contribution is 2.40. The van der Waals surface area contributed by atoms with Gasteiger partial charge in [0.1, 0.15) is 5.78 Å². The van der Waals surface area contributed by atoms with E-state index in [0.29, 0.717) is 23.9 Å². The van der Waals surface area contributed by atoms with E-state index >= 15 is 0 Å². The van der Waals surface area contributed by atoms with Crippen LogP contribution in [0.15, 0.2) is 46.9 Å². The minimum absolute atomic E-state index is 0.0233. The molecule has 0 aliphatic heterocycles. The number of ketones is 1. The first-order valence-corrected chi connectivity index (χ1v) is 10.4. The average Bonchev–Trinajstić information content (AvgIpc) is 2.62. The molecule has 0 amide bonds. The van der Waals surface area contributed by atoms with Crippen molar-refractivity contribution >= 4 is 17.5 Å². The van der Waals surface area contributed by atoms with Gasteiger partial charge in [0.05, 0.1) is 11.4 Å².